The minimum Gasteiger partial charge on any atom is -0.492 e. The van der Waals surface area contributed by atoms with Gasteiger partial charge in [0.05, 0.1) is 30.9 Å². The number of hydrogen-bond acceptors (Lipinski definition) is 4. The van der Waals surface area contributed by atoms with Crippen LogP contribution in [0.25, 0.3) is 10.9 Å². The largest absolute Gasteiger partial charge is 0.492 e. The number of rotatable bonds is 9. The van der Waals surface area contributed by atoms with Crippen LogP contribution in [0.4, 0.5) is 17.6 Å². The lowest BCUT2D eigenvalue weighted by Crippen LogP contribution is -2.47. The van der Waals surface area contributed by atoms with E-state index in [1.807, 2.05) is 24.3 Å². The number of hydrogen-bond donors (Lipinski definition) is 2. The third kappa shape index (κ3) is 5.60. The molecule has 186 valence electrons. The lowest BCUT2D eigenvalue weighted by molar-refractivity contribution is -0.155. The van der Waals surface area contributed by atoms with Gasteiger partial charge < -0.3 is 15.0 Å². The molecule has 0 fully saturated rings. The predicted molar refractivity (Wildman–Crippen MR) is 126 cm³/mol. The number of nitrogens with one attached hydrogen (secondary N) is 2. The highest BCUT2D eigenvalue weighted by molar-refractivity contribution is 5.85. The summed E-state index contributed by atoms with van der Waals surface area (Å²) in [7, 11) is 0. The van der Waals surface area contributed by atoms with Crippen LogP contribution in [0.3, 0.4) is 0 Å². The van der Waals surface area contributed by atoms with E-state index in [1.54, 1.807) is 25.1 Å². The average molecular weight is 489 g/mol. The van der Waals surface area contributed by atoms with Crippen LogP contribution in [-0.4, -0.2) is 55.0 Å². The highest BCUT2D eigenvalue weighted by Crippen LogP contribution is 2.43. The van der Waals surface area contributed by atoms with E-state index in [4.69, 9.17) is 4.74 Å². The zero-order chi connectivity index (χ0) is 25.0. The number of aromatic nitrogens is 1. The second kappa shape index (κ2) is 10.7. The normalized spacial score (nSPS) is 18.4. The molecular weight excluding hydrogens is 460 g/mol. The van der Waals surface area contributed by atoms with Crippen LogP contribution >= 0.6 is 0 Å². The number of alkyl halides is 4. The van der Waals surface area contributed by atoms with Crippen LogP contribution in [0.1, 0.15) is 41.8 Å². The van der Waals surface area contributed by atoms with Crippen molar-refractivity contribution >= 4 is 10.9 Å². The van der Waals surface area contributed by atoms with Crippen molar-refractivity contribution < 1.29 is 22.3 Å². The Morgan fingerprint density at radius 3 is 2.74 bits per heavy atom. The number of aromatic amines is 1. The topological polar surface area (TPSA) is 64.1 Å². The summed E-state index contributed by atoms with van der Waals surface area (Å²) in [5, 5.41) is 13.9. The number of ether oxygens (including phenoxy) is 1. The number of para-hydroxylation sites is 1. The zero-order valence-corrected chi connectivity index (χ0v) is 19.5. The van der Waals surface area contributed by atoms with Crippen molar-refractivity contribution in [2.75, 3.05) is 32.9 Å². The van der Waals surface area contributed by atoms with E-state index in [2.05, 4.69) is 16.4 Å². The molecule has 0 bridgehead atoms. The second-order valence-corrected chi connectivity index (χ2v) is 8.81. The number of benzene rings is 2. The minimum absolute atomic E-state index is 0.300. The number of nitrogens with zero attached hydrogens (tertiary/aromatic N) is 2. The monoisotopic (exact) mass is 488 g/mol. The van der Waals surface area contributed by atoms with Gasteiger partial charge >= 0.3 is 6.18 Å². The number of nitriles is 1. The quantitative estimate of drug-likeness (QED) is 0.318. The predicted octanol–water partition coefficient (Wildman–Crippen LogP) is 5.27. The summed E-state index contributed by atoms with van der Waals surface area (Å²) in [5.41, 5.74) is 3.28. The molecule has 0 spiro atoms. The van der Waals surface area contributed by atoms with E-state index < -0.39 is 31.5 Å². The lowest BCUT2D eigenvalue weighted by atomic mass is 9.87. The van der Waals surface area contributed by atoms with Gasteiger partial charge in [0.15, 0.2) is 0 Å². The van der Waals surface area contributed by atoms with Gasteiger partial charge in [0, 0.05) is 29.2 Å². The van der Waals surface area contributed by atoms with Crippen molar-refractivity contribution in [1.29, 1.82) is 5.26 Å². The van der Waals surface area contributed by atoms with Crippen LogP contribution in [0.15, 0.2) is 42.5 Å². The van der Waals surface area contributed by atoms with Gasteiger partial charge in [-0.05, 0) is 61.7 Å². The maximum Gasteiger partial charge on any atom is 0.401 e. The maximum absolute atomic E-state index is 13.7. The Morgan fingerprint density at radius 2 is 2.00 bits per heavy atom. The fourth-order valence-electron chi connectivity index (χ4n) is 4.81. The third-order valence-electron chi connectivity index (χ3n) is 6.35. The Hall–Kier alpha value is -3.09. The fourth-order valence-corrected chi connectivity index (χ4v) is 4.81. The van der Waals surface area contributed by atoms with E-state index in [-0.39, 0.29) is 0 Å². The van der Waals surface area contributed by atoms with Crippen molar-refractivity contribution in [1.82, 2.24) is 15.2 Å². The van der Waals surface area contributed by atoms with Gasteiger partial charge in [0.1, 0.15) is 12.4 Å². The van der Waals surface area contributed by atoms with Crippen molar-refractivity contribution in [2.24, 2.45) is 0 Å². The van der Waals surface area contributed by atoms with E-state index in [0.717, 1.165) is 16.5 Å². The molecule has 1 aliphatic heterocycles. The molecule has 4 rings (SSSR count). The van der Waals surface area contributed by atoms with Gasteiger partial charge in [0.2, 0.25) is 0 Å². The molecule has 0 amide bonds. The van der Waals surface area contributed by atoms with Gasteiger partial charge in [-0.1, -0.05) is 18.2 Å². The van der Waals surface area contributed by atoms with Gasteiger partial charge in [-0.2, -0.15) is 18.4 Å². The first kappa shape index (κ1) is 25.0. The van der Waals surface area contributed by atoms with Crippen molar-refractivity contribution in [2.45, 2.75) is 38.0 Å². The molecule has 2 heterocycles. The van der Waals surface area contributed by atoms with Gasteiger partial charge in [0.25, 0.3) is 0 Å². The van der Waals surface area contributed by atoms with Crippen LogP contribution in [0.5, 0.6) is 5.75 Å². The highest BCUT2D eigenvalue weighted by atomic mass is 19.4. The summed E-state index contributed by atoms with van der Waals surface area (Å²) >= 11 is 0. The molecule has 0 saturated heterocycles. The van der Waals surface area contributed by atoms with Crippen LogP contribution in [0.2, 0.25) is 0 Å². The summed E-state index contributed by atoms with van der Waals surface area (Å²) in [4.78, 5) is 4.76. The summed E-state index contributed by atoms with van der Waals surface area (Å²) in [6.45, 7) is 1.65. The summed E-state index contributed by atoms with van der Waals surface area (Å²) in [5.74, 6) is 0.467. The Kier molecular flexibility index (Phi) is 7.63. The number of halogens is 4. The minimum atomic E-state index is -4.40. The van der Waals surface area contributed by atoms with Gasteiger partial charge in [-0.15, -0.1) is 0 Å². The zero-order valence-electron chi connectivity index (χ0n) is 19.5. The Labute approximate surface area is 201 Å². The molecule has 1 aliphatic rings. The molecule has 35 heavy (non-hydrogen) atoms. The Balaban J connectivity index is 1.73. The Bertz CT molecular complexity index is 1200. The van der Waals surface area contributed by atoms with Crippen molar-refractivity contribution in [3.63, 3.8) is 0 Å². The molecule has 0 radical (unpaired) electrons. The average Bonchev–Trinajstić information content (AvgIpc) is 3.19. The van der Waals surface area contributed by atoms with Crippen LogP contribution < -0.4 is 10.1 Å². The highest BCUT2D eigenvalue weighted by Gasteiger charge is 2.42. The van der Waals surface area contributed by atoms with E-state index in [0.29, 0.717) is 55.1 Å². The lowest BCUT2D eigenvalue weighted by Gasteiger charge is -2.41. The molecule has 5 nitrogen and oxygen atoms in total. The molecule has 9 heteroatoms. The molecule has 2 N–H and O–H groups in total. The summed E-state index contributed by atoms with van der Waals surface area (Å²) in [6, 6.07) is 13.5. The van der Waals surface area contributed by atoms with Crippen LogP contribution in [-0.2, 0) is 6.42 Å². The smallest absolute Gasteiger partial charge is 0.401 e. The molecule has 0 unspecified atom stereocenters. The maximum atomic E-state index is 13.7. The first-order valence-electron chi connectivity index (χ1n) is 11.7. The van der Waals surface area contributed by atoms with E-state index >= 15 is 0 Å². The molecule has 0 aliphatic carbocycles. The first-order chi connectivity index (χ1) is 16.8. The summed E-state index contributed by atoms with van der Waals surface area (Å²) in [6.07, 6.45) is -3.51. The van der Waals surface area contributed by atoms with E-state index in [9.17, 15) is 22.8 Å². The molecule has 2 atom stereocenters. The SMILES string of the molecule is C[C@@H]1Cc2c([nH]c3ccccc23)[C@@H](c2cc(OCCNCCCF)ccc2C#N)N1CC(F)(F)F. The number of fused-ring (bicyclic) bond motifs is 3. The van der Waals surface area contributed by atoms with Crippen molar-refractivity contribution in [3.8, 4) is 11.8 Å². The van der Waals surface area contributed by atoms with Crippen molar-refractivity contribution in [3.05, 3.63) is 64.8 Å². The van der Waals surface area contributed by atoms with Gasteiger partial charge in [-0.25, -0.2) is 0 Å². The second-order valence-electron chi connectivity index (χ2n) is 8.81. The molecule has 0 saturated carbocycles. The molecular formula is C26H28F4N4O. The van der Waals surface area contributed by atoms with E-state index in [1.165, 1.54) is 4.90 Å². The standard InChI is InChI=1S/C26H28F4N4O/c1-17-13-22-20-5-2-3-6-23(20)33-24(22)25(34(17)16-26(28,29)30)21-14-19(8-7-18(21)15-31)35-12-11-32-10-4-9-27/h2-3,5-8,14,17,25,32-33H,4,9-13,16H2,1H3/t17-,25-/m1/s1. The first-order valence-corrected chi connectivity index (χ1v) is 11.7. The molecule has 1 aromatic heterocycles. The van der Waals surface area contributed by atoms with Gasteiger partial charge in [-0.3, -0.25) is 9.29 Å². The third-order valence-corrected chi connectivity index (χ3v) is 6.35. The fraction of sp³-hybridized carbons (Fsp3) is 0.423. The summed E-state index contributed by atoms with van der Waals surface area (Å²) < 4.78 is 59.0. The number of H-pyrrole nitrogens is 1. The van der Waals surface area contributed by atoms with Crippen LogP contribution in [0, 0.1) is 11.3 Å². The molecule has 3 aromatic rings. The molecule has 2 aromatic carbocycles. The Morgan fingerprint density at radius 1 is 1.20 bits per heavy atom.